The lowest BCUT2D eigenvalue weighted by Gasteiger charge is -2.38. The Labute approximate surface area is 180 Å². The zero-order chi connectivity index (χ0) is 23.0. The molecule has 0 aromatic heterocycles. The highest BCUT2D eigenvalue weighted by atomic mass is 19.4. The lowest BCUT2D eigenvalue weighted by molar-refractivity contribution is -0.152. The van der Waals surface area contributed by atoms with Gasteiger partial charge in [-0.3, -0.25) is 0 Å². The van der Waals surface area contributed by atoms with Gasteiger partial charge in [0.25, 0.3) is 0 Å². The van der Waals surface area contributed by atoms with Gasteiger partial charge in [-0.1, -0.05) is 0 Å². The highest BCUT2D eigenvalue weighted by Crippen LogP contribution is 2.33. The van der Waals surface area contributed by atoms with E-state index in [1.165, 1.54) is 26.0 Å². The summed E-state index contributed by atoms with van der Waals surface area (Å²) in [7, 11) is 0. The Morgan fingerprint density at radius 1 is 0.903 bits per heavy atom. The van der Waals surface area contributed by atoms with Gasteiger partial charge in [0.05, 0.1) is 5.56 Å². The van der Waals surface area contributed by atoms with Crippen molar-refractivity contribution in [3.63, 3.8) is 0 Å². The Balaban J connectivity index is 1.69. The molecule has 1 saturated heterocycles. The van der Waals surface area contributed by atoms with Crippen molar-refractivity contribution in [2.75, 3.05) is 36.0 Å². The van der Waals surface area contributed by atoms with Gasteiger partial charge in [-0.25, -0.2) is 4.79 Å². The summed E-state index contributed by atoms with van der Waals surface area (Å²) >= 11 is 0. The summed E-state index contributed by atoms with van der Waals surface area (Å²) in [5, 5.41) is 9.32. The average Bonchev–Trinajstić information content (AvgIpc) is 2.70. The molecular formula is C23H27F3N2O3. The third-order valence-electron chi connectivity index (χ3n) is 5.52. The summed E-state index contributed by atoms with van der Waals surface area (Å²) < 4.78 is 44.1. The summed E-state index contributed by atoms with van der Waals surface area (Å²) in [5.74, 6) is -0.464. The van der Waals surface area contributed by atoms with Crippen LogP contribution in [-0.2, 0) is 11.0 Å². The summed E-state index contributed by atoms with van der Waals surface area (Å²) in [5.41, 5.74) is 1.53. The summed E-state index contributed by atoms with van der Waals surface area (Å²) in [6, 6.07) is 9.23. The van der Waals surface area contributed by atoms with E-state index in [0.717, 1.165) is 47.7 Å². The molecule has 0 amide bonds. The second-order valence-electron chi connectivity index (χ2n) is 8.34. The molecule has 1 fully saturated rings. The smallest absolute Gasteiger partial charge is 0.416 e. The van der Waals surface area contributed by atoms with E-state index < -0.39 is 23.3 Å². The quantitative estimate of drug-likeness (QED) is 0.723. The van der Waals surface area contributed by atoms with Gasteiger partial charge in [-0.15, -0.1) is 0 Å². The van der Waals surface area contributed by atoms with E-state index in [1.807, 2.05) is 26.0 Å². The molecule has 1 aliphatic rings. The van der Waals surface area contributed by atoms with E-state index in [1.54, 1.807) is 0 Å². The first-order chi connectivity index (χ1) is 14.4. The zero-order valence-electron chi connectivity index (χ0n) is 18.1. The normalized spacial score (nSPS) is 15.2. The molecule has 0 bridgehead atoms. The highest BCUT2D eigenvalue weighted by molar-refractivity contribution is 5.77. The third-order valence-corrected chi connectivity index (χ3v) is 5.52. The number of rotatable bonds is 5. The van der Waals surface area contributed by atoms with Crippen LogP contribution in [0.1, 0.15) is 30.5 Å². The number of hydrogen-bond acceptors (Lipinski definition) is 4. The van der Waals surface area contributed by atoms with E-state index in [9.17, 15) is 23.1 Å². The van der Waals surface area contributed by atoms with Gasteiger partial charge in [0, 0.05) is 37.6 Å². The minimum Gasteiger partial charge on any atom is -0.478 e. The van der Waals surface area contributed by atoms with Crippen LogP contribution >= 0.6 is 0 Å². The maximum Gasteiger partial charge on any atom is 0.416 e. The molecule has 1 aliphatic heterocycles. The van der Waals surface area contributed by atoms with Crippen LogP contribution in [0.2, 0.25) is 0 Å². The molecule has 31 heavy (non-hydrogen) atoms. The van der Waals surface area contributed by atoms with Crippen molar-refractivity contribution >= 4 is 17.3 Å². The fourth-order valence-electron chi connectivity index (χ4n) is 3.65. The van der Waals surface area contributed by atoms with Crippen molar-refractivity contribution in [2.24, 2.45) is 0 Å². The number of carboxylic acid groups (broad SMARTS) is 1. The van der Waals surface area contributed by atoms with Crippen molar-refractivity contribution < 1.29 is 27.8 Å². The Bertz CT molecular complexity index is 925. The molecule has 0 atom stereocenters. The molecule has 3 rings (SSSR count). The van der Waals surface area contributed by atoms with Crippen LogP contribution in [-0.4, -0.2) is 42.9 Å². The number of halogens is 3. The van der Waals surface area contributed by atoms with E-state index >= 15 is 0 Å². The number of piperazine rings is 1. The first kappa shape index (κ1) is 22.8. The van der Waals surface area contributed by atoms with Crippen LogP contribution in [0.5, 0.6) is 5.75 Å². The van der Waals surface area contributed by atoms with E-state index in [-0.39, 0.29) is 0 Å². The second-order valence-corrected chi connectivity index (χ2v) is 8.34. The van der Waals surface area contributed by atoms with E-state index in [4.69, 9.17) is 4.74 Å². The Kier molecular flexibility index (Phi) is 6.11. The van der Waals surface area contributed by atoms with Crippen LogP contribution in [0.3, 0.4) is 0 Å². The fourth-order valence-corrected chi connectivity index (χ4v) is 3.65. The van der Waals surface area contributed by atoms with Gasteiger partial charge in [0.2, 0.25) is 0 Å². The predicted molar refractivity (Wildman–Crippen MR) is 114 cm³/mol. The molecule has 0 unspecified atom stereocenters. The number of carboxylic acids is 1. The number of aliphatic carboxylic acids is 1. The molecule has 2 aromatic carbocycles. The summed E-state index contributed by atoms with van der Waals surface area (Å²) in [4.78, 5) is 15.7. The molecule has 168 valence electrons. The number of alkyl halides is 3. The van der Waals surface area contributed by atoms with Crippen LogP contribution < -0.4 is 14.5 Å². The zero-order valence-corrected chi connectivity index (χ0v) is 18.1. The van der Waals surface area contributed by atoms with Crippen molar-refractivity contribution in [1.29, 1.82) is 0 Å². The van der Waals surface area contributed by atoms with Gasteiger partial charge in [-0.2, -0.15) is 13.2 Å². The Morgan fingerprint density at radius 2 is 1.35 bits per heavy atom. The van der Waals surface area contributed by atoms with Gasteiger partial charge >= 0.3 is 12.1 Å². The fraction of sp³-hybridized carbons (Fsp3) is 0.435. The molecular weight excluding hydrogens is 409 g/mol. The number of hydrogen-bond donors (Lipinski definition) is 1. The minimum atomic E-state index is -4.33. The minimum absolute atomic E-state index is 0.569. The van der Waals surface area contributed by atoms with Crippen molar-refractivity contribution in [3.8, 4) is 5.75 Å². The largest absolute Gasteiger partial charge is 0.478 e. The molecule has 0 spiro atoms. The number of nitrogens with zero attached hydrogens (tertiary/aromatic N) is 2. The number of ether oxygens (including phenoxy) is 1. The Morgan fingerprint density at radius 3 is 1.77 bits per heavy atom. The van der Waals surface area contributed by atoms with Crippen LogP contribution in [0.15, 0.2) is 36.4 Å². The molecule has 0 saturated carbocycles. The third kappa shape index (κ3) is 5.06. The molecule has 2 aromatic rings. The van der Waals surface area contributed by atoms with Crippen molar-refractivity contribution in [1.82, 2.24) is 0 Å². The van der Waals surface area contributed by atoms with Gasteiger partial charge < -0.3 is 19.6 Å². The first-order valence-corrected chi connectivity index (χ1v) is 10.1. The lowest BCUT2D eigenvalue weighted by atomic mass is 10.1. The number of carbonyl (C=O) groups is 1. The number of anilines is 2. The predicted octanol–water partition coefficient (Wildman–Crippen LogP) is 4.89. The number of benzene rings is 2. The summed E-state index contributed by atoms with van der Waals surface area (Å²) in [6.45, 7) is 9.64. The highest BCUT2D eigenvalue weighted by Gasteiger charge is 2.31. The first-order valence-electron chi connectivity index (χ1n) is 10.1. The van der Waals surface area contributed by atoms with Crippen molar-refractivity contribution in [2.45, 2.75) is 39.5 Å². The maximum absolute atomic E-state index is 12.8. The van der Waals surface area contributed by atoms with Crippen LogP contribution in [0.25, 0.3) is 0 Å². The van der Waals surface area contributed by atoms with Crippen LogP contribution in [0.4, 0.5) is 24.5 Å². The molecule has 8 heteroatoms. The van der Waals surface area contributed by atoms with E-state index in [2.05, 4.69) is 9.80 Å². The van der Waals surface area contributed by atoms with E-state index in [0.29, 0.717) is 18.8 Å². The Hall–Kier alpha value is -2.90. The maximum atomic E-state index is 12.8. The molecule has 0 radical (unpaired) electrons. The molecule has 0 aliphatic carbocycles. The monoisotopic (exact) mass is 436 g/mol. The topological polar surface area (TPSA) is 53.0 Å². The average molecular weight is 436 g/mol. The van der Waals surface area contributed by atoms with Gasteiger partial charge in [0.15, 0.2) is 5.60 Å². The SMILES string of the molecule is Cc1cc(N2CCN(c3ccc(C(F)(F)F)cc3)CC2)cc(C)c1OC(C)(C)C(=O)O. The molecule has 1 heterocycles. The molecule has 5 nitrogen and oxygen atoms in total. The lowest BCUT2D eigenvalue weighted by Crippen LogP contribution is -2.46. The second kappa shape index (κ2) is 8.32. The van der Waals surface area contributed by atoms with Gasteiger partial charge in [-0.05, 0) is 75.2 Å². The van der Waals surface area contributed by atoms with Crippen molar-refractivity contribution in [3.05, 3.63) is 53.1 Å². The molecule has 1 N–H and O–H groups in total. The summed E-state index contributed by atoms with van der Waals surface area (Å²) in [6.07, 6.45) is -4.33. The number of aryl methyl sites for hydroxylation is 2. The van der Waals surface area contributed by atoms with Gasteiger partial charge in [0.1, 0.15) is 5.75 Å². The van der Waals surface area contributed by atoms with Crippen LogP contribution in [0, 0.1) is 13.8 Å². The standard InChI is InChI=1S/C23H27F3N2O3/c1-15-13-19(14-16(2)20(15)31-22(3,4)21(29)30)28-11-9-27(10-12-28)18-7-5-17(6-8-18)23(24,25)26/h5-8,13-14H,9-12H2,1-4H3,(H,29,30).